The number of nitrogens with zero attached hydrogens (tertiary/aromatic N) is 4. The van der Waals surface area contributed by atoms with Crippen molar-refractivity contribution in [3.63, 3.8) is 0 Å². The normalized spacial score (nSPS) is 22.4. The van der Waals surface area contributed by atoms with Crippen molar-refractivity contribution < 1.29 is 5.11 Å². The third kappa shape index (κ3) is 3.05. The van der Waals surface area contributed by atoms with Crippen LogP contribution in [0.15, 0.2) is 24.5 Å². The Balaban J connectivity index is 1.74. The maximum absolute atomic E-state index is 9.71. The Morgan fingerprint density at radius 2 is 2.09 bits per heavy atom. The number of aryl methyl sites for hydroxylation is 3. The van der Waals surface area contributed by atoms with Crippen molar-refractivity contribution in [3.05, 3.63) is 47.0 Å². The maximum atomic E-state index is 9.71. The molecule has 3 rings (SSSR count). The van der Waals surface area contributed by atoms with E-state index in [9.17, 15) is 5.11 Å². The first kappa shape index (κ1) is 15.2. The van der Waals surface area contributed by atoms with Gasteiger partial charge in [-0.3, -0.25) is 14.6 Å². The summed E-state index contributed by atoms with van der Waals surface area (Å²) in [7, 11) is 1.94. The van der Waals surface area contributed by atoms with Gasteiger partial charge in [0.2, 0.25) is 0 Å². The molecule has 1 N–H and O–H groups in total. The molecule has 5 heteroatoms. The molecule has 1 aliphatic heterocycles. The van der Waals surface area contributed by atoms with Crippen LogP contribution >= 0.6 is 0 Å². The van der Waals surface area contributed by atoms with Gasteiger partial charge in [0.25, 0.3) is 0 Å². The summed E-state index contributed by atoms with van der Waals surface area (Å²) in [5.41, 5.74) is 4.66. The Hall–Kier alpha value is -1.72. The lowest BCUT2D eigenvalue weighted by Crippen LogP contribution is -2.21. The van der Waals surface area contributed by atoms with Gasteiger partial charge in [0.05, 0.1) is 6.20 Å². The second-order valence-electron chi connectivity index (χ2n) is 6.39. The molecule has 2 atom stereocenters. The van der Waals surface area contributed by atoms with Crippen LogP contribution in [0.3, 0.4) is 0 Å². The van der Waals surface area contributed by atoms with Gasteiger partial charge in [0.1, 0.15) is 0 Å². The Bertz CT molecular complexity index is 652. The summed E-state index contributed by atoms with van der Waals surface area (Å²) in [5, 5.41) is 14.0. The highest BCUT2D eigenvalue weighted by Crippen LogP contribution is 2.33. The van der Waals surface area contributed by atoms with E-state index in [1.807, 2.05) is 24.9 Å². The lowest BCUT2D eigenvalue weighted by Gasteiger charge is -2.17. The molecule has 118 valence electrons. The lowest BCUT2D eigenvalue weighted by molar-refractivity contribution is 0.214. The van der Waals surface area contributed by atoms with Gasteiger partial charge in [-0.05, 0) is 31.0 Å². The Kier molecular flexibility index (Phi) is 4.27. The van der Waals surface area contributed by atoms with Gasteiger partial charge in [-0.25, -0.2) is 0 Å². The Labute approximate surface area is 131 Å². The van der Waals surface area contributed by atoms with Crippen LogP contribution in [0.1, 0.15) is 28.4 Å². The molecule has 22 heavy (non-hydrogen) atoms. The zero-order chi connectivity index (χ0) is 15.7. The minimum absolute atomic E-state index is 0.223. The molecule has 0 bridgehead atoms. The molecule has 0 radical (unpaired) electrons. The summed E-state index contributed by atoms with van der Waals surface area (Å²) in [4.78, 5) is 6.96. The standard InChI is InChI=1S/C17H24N4O/c1-12-4-5-14(13(2)19-12)8-21-9-16(11-22)17(10-21)15-6-18-20(3)7-15/h4-7,16-17,22H,8-11H2,1-3H3/t16-,17-/m0/s1. The van der Waals surface area contributed by atoms with Crippen LogP contribution < -0.4 is 0 Å². The van der Waals surface area contributed by atoms with Crippen LogP contribution in [0.4, 0.5) is 0 Å². The second-order valence-corrected chi connectivity index (χ2v) is 6.39. The first-order valence-corrected chi connectivity index (χ1v) is 7.81. The fraction of sp³-hybridized carbons (Fsp3) is 0.529. The molecule has 2 aromatic heterocycles. The van der Waals surface area contributed by atoms with Crippen molar-refractivity contribution in [2.24, 2.45) is 13.0 Å². The average molecular weight is 300 g/mol. The molecular formula is C17H24N4O. The topological polar surface area (TPSA) is 54.2 Å². The monoisotopic (exact) mass is 300 g/mol. The van der Waals surface area contributed by atoms with Crippen molar-refractivity contribution >= 4 is 0 Å². The van der Waals surface area contributed by atoms with Gasteiger partial charge in [-0.15, -0.1) is 0 Å². The molecule has 0 unspecified atom stereocenters. The van der Waals surface area contributed by atoms with Crippen molar-refractivity contribution in [2.45, 2.75) is 26.3 Å². The van der Waals surface area contributed by atoms with Gasteiger partial charge in [0, 0.05) is 62.7 Å². The molecule has 0 saturated carbocycles. The summed E-state index contributed by atoms with van der Waals surface area (Å²) in [6.45, 7) is 7.09. The van der Waals surface area contributed by atoms with Gasteiger partial charge < -0.3 is 5.11 Å². The highest BCUT2D eigenvalue weighted by atomic mass is 16.3. The van der Waals surface area contributed by atoms with E-state index in [0.29, 0.717) is 5.92 Å². The van der Waals surface area contributed by atoms with Crippen LogP contribution in [0.5, 0.6) is 0 Å². The molecule has 1 aliphatic rings. The summed E-state index contributed by atoms with van der Waals surface area (Å²) in [6.07, 6.45) is 3.99. The molecule has 0 spiro atoms. The predicted molar refractivity (Wildman–Crippen MR) is 85.5 cm³/mol. The molecule has 5 nitrogen and oxygen atoms in total. The molecule has 2 aromatic rings. The smallest absolute Gasteiger partial charge is 0.0525 e. The first-order chi connectivity index (χ1) is 10.6. The van der Waals surface area contributed by atoms with E-state index in [0.717, 1.165) is 31.0 Å². The van der Waals surface area contributed by atoms with Gasteiger partial charge in [-0.1, -0.05) is 6.07 Å². The van der Waals surface area contributed by atoms with Crippen LogP contribution in [0.25, 0.3) is 0 Å². The Morgan fingerprint density at radius 1 is 1.27 bits per heavy atom. The second kappa shape index (κ2) is 6.18. The molecule has 1 fully saturated rings. The van der Waals surface area contributed by atoms with E-state index in [1.54, 1.807) is 0 Å². The number of likely N-dealkylation sites (tertiary alicyclic amines) is 1. The van der Waals surface area contributed by atoms with Crippen molar-refractivity contribution in [3.8, 4) is 0 Å². The summed E-state index contributed by atoms with van der Waals surface area (Å²) < 4.78 is 1.83. The SMILES string of the molecule is Cc1ccc(CN2C[C@@H](CO)[C@H](c3cnn(C)c3)C2)c(C)n1. The third-order valence-electron chi connectivity index (χ3n) is 4.63. The summed E-state index contributed by atoms with van der Waals surface area (Å²) in [6, 6.07) is 4.24. The fourth-order valence-corrected chi connectivity index (χ4v) is 3.41. The lowest BCUT2D eigenvalue weighted by atomic mass is 9.92. The van der Waals surface area contributed by atoms with E-state index in [-0.39, 0.29) is 12.5 Å². The number of rotatable bonds is 4. The minimum atomic E-state index is 0.223. The third-order valence-corrected chi connectivity index (χ3v) is 4.63. The summed E-state index contributed by atoms with van der Waals surface area (Å²) >= 11 is 0. The van der Waals surface area contributed by atoms with Gasteiger partial charge >= 0.3 is 0 Å². The first-order valence-electron chi connectivity index (χ1n) is 7.81. The van der Waals surface area contributed by atoms with E-state index >= 15 is 0 Å². The van der Waals surface area contributed by atoms with Crippen LogP contribution in [-0.4, -0.2) is 44.5 Å². The molecule has 0 aromatic carbocycles. The Morgan fingerprint density at radius 3 is 2.73 bits per heavy atom. The van der Waals surface area contributed by atoms with E-state index in [1.165, 1.54) is 11.1 Å². The summed E-state index contributed by atoms with van der Waals surface area (Å²) in [5.74, 6) is 0.639. The molecule has 0 amide bonds. The molecule has 0 aliphatic carbocycles. The highest BCUT2D eigenvalue weighted by molar-refractivity contribution is 5.22. The number of aliphatic hydroxyl groups excluding tert-OH is 1. The number of hydrogen-bond acceptors (Lipinski definition) is 4. The minimum Gasteiger partial charge on any atom is -0.396 e. The van der Waals surface area contributed by atoms with Crippen molar-refractivity contribution in [1.82, 2.24) is 19.7 Å². The van der Waals surface area contributed by atoms with E-state index in [4.69, 9.17) is 0 Å². The number of pyridine rings is 1. The number of hydrogen-bond donors (Lipinski definition) is 1. The zero-order valence-electron chi connectivity index (χ0n) is 13.5. The number of aromatic nitrogens is 3. The van der Waals surface area contributed by atoms with Crippen LogP contribution in [0.2, 0.25) is 0 Å². The van der Waals surface area contributed by atoms with Gasteiger partial charge in [0.15, 0.2) is 0 Å². The molecular weight excluding hydrogens is 276 g/mol. The van der Waals surface area contributed by atoms with Crippen LogP contribution in [0, 0.1) is 19.8 Å². The fourth-order valence-electron chi connectivity index (χ4n) is 3.41. The molecule has 3 heterocycles. The van der Waals surface area contributed by atoms with Crippen LogP contribution in [-0.2, 0) is 13.6 Å². The van der Waals surface area contributed by atoms with E-state index < -0.39 is 0 Å². The molecule has 1 saturated heterocycles. The number of aliphatic hydroxyl groups is 1. The quantitative estimate of drug-likeness (QED) is 0.932. The van der Waals surface area contributed by atoms with Gasteiger partial charge in [-0.2, -0.15) is 5.10 Å². The largest absolute Gasteiger partial charge is 0.396 e. The van der Waals surface area contributed by atoms with Crippen molar-refractivity contribution in [2.75, 3.05) is 19.7 Å². The highest BCUT2D eigenvalue weighted by Gasteiger charge is 2.34. The predicted octanol–water partition coefficient (Wildman–Crippen LogP) is 1.64. The van der Waals surface area contributed by atoms with E-state index in [2.05, 4.69) is 40.2 Å². The zero-order valence-corrected chi connectivity index (χ0v) is 13.5. The maximum Gasteiger partial charge on any atom is 0.0525 e. The van der Waals surface area contributed by atoms with Crippen molar-refractivity contribution in [1.29, 1.82) is 0 Å². The average Bonchev–Trinajstić information content (AvgIpc) is 3.08.